The summed E-state index contributed by atoms with van der Waals surface area (Å²) in [5.41, 5.74) is 3.46. The lowest BCUT2D eigenvalue weighted by atomic mass is 10.2. The fraction of sp³-hybridized carbons (Fsp3) is 0.0455. The number of hydrogen-bond donors (Lipinski definition) is 1. The largest absolute Gasteiger partial charge is 0.319 e. The molecule has 0 spiro atoms. The molecular formula is C22H17ClN4O. The van der Waals surface area contributed by atoms with Gasteiger partial charge in [-0.2, -0.15) is 0 Å². The number of carbonyl (C=O) groups is 1. The Labute approximate surface area is 167 Å². The summed E-state index contributed by atoms with van der Waals surface area (Å²) < 4.78 is 1.67. The third-order valence-electron chi connectivity index (χ3n) is 4.22. The lowest BCUT2D eigenvalue weighted by Crippen LogP contribution is -2.14. The van der Waals surface area contributed by atoms with Gasteiger partial charge in [0.25, 0.3) is 5.91 Å². The second-order valence-electron chi connectivity index (χ2n) is 6.33. The van der Waals surface area contributed by atoms with Crippen molar-refractivity contribution in [1.82, 2.24) is 14.8 Å². The first-order valence-corrected chi connectivity index (χ1v) is 9.14. The van der Waals surface area contributed by atoms with Crippen LogP contribution in [0.15, 0.2) is 78.9 Å². The molecule has 0 radical (unpaired) electrons. The van der Waals surface area contributed by atoms with E-state index in [1.54, 1.807) is 16.8 Å². The minimum absolute atomic E-state index is 0.0920. The number of aromatic nitrogens is 3. The fourth-order valence-electron chi connectivity index (χ4n) is 2.77. The van der Waals surface area contributed by atoms with Crippen molar-refractivity contribution < 1.29 is 4.79 Å². The fourth-order valence-corrected chi connectivity index (χ4v) is 2.89. The minimum Gasteiger partial charge on any atom is -0.319 e. The van der Waals surface area contributed by atoms with Gasteiger partial charge in [-0.25, -0.2) is 9.67 Å². The molecule has 0 fully saturated rings. The molecule has 0 saturated carbocycles. The summed E-state index contributed by atoms with van der Waals surface area (Å²) >= 11 is 6.01. The number of para-hydroxylation sites is 1. The lowest BCUT2D eigenvalue weighted by molar-refractivity contribution is 0.101. The summed E-state index contributed by atoms with van der Waals surface area (Å²) in [6.45, 7) is 2.02. The van der Waals surface area contributed by atoms with Gasteiger partial charge in [-0.05, 0) is 55.5 Å². The summed E-state index contributed by atoms with van der Waals surface area (Å²) in [6, 6.07) is 24.4. The van der Waals surface area contributed by atoms with E-state index in [4.69, 9.17) is 11.6 Å². The average Bonchev–Trinajstić information content (AvgIpc) is 3.15. The highest BCUT2D eigenvalue weighted by atomic mass is 35.5. The molecule has 1 amide bonds. The molecule has 0 aliphatic heterocycles. The Hall–Kier alpha value is -3.44. The molecule has 5 nitrogen and oxygen atoms in total. The quantitative estimate of drug-likeness (QED) is 0.526. The number of benzene rings is 3. The third kappa shape index (κ3) is 3.80. The summed E-state index contributed by atoms with van der Waals surface area (Å²) in [5, 5.41) is 7.92. The maximum absolute atomic E-state index is 12.7. The highest BCUT2D eigenvalue weighted by molar-refractivity contribution is 6.30. The summed E-state index contributed by atoms with van der Waals surface area (Å²) in [4.78, 5) is 17.2. The molecule has 6 heteroatoms. The summed E-state index contributed by atoms with van der Waals surface area (Å²) in [7, 11) is 0. The van der Waals surface area contributed by atoms with Gasteiger partial charge >= 0.3 is 0 Å². The van der Waals surface area contributed by atoms with Gasteiger partial charge in [0.05, 0.1) is 5.69 Å². The second-order valence-corrected chi connectivity index (χ2v) is 6.77. The highest BCUT2D eigenvalue weighted by Gasteiger charge is 2.19. The first-order chi connectivity index (χ1) is 13.6. The monoisotopic (exact) mass is 388 g/mol. The van der Waals surface area contributed by atoms with E-state index in [2.05, 4.69) is 15.4 Å². The van der Waals surface area contributed by atoms with Gasteiger partial charge in [0.1, 0.15) is 0 Å². The van der Waals surface area contributed by atoms with Crippen molar-refractivity contribution >= 4 is 23.2 Å². The van der Waals surface area contributed by atoms with Crippen LogP contribution < -0.4 is 5.32 Å². The standard InChI is InChI=1S/C22H17ClN4O/c1-15-7-13-19(14-8-15)27-21(16-9-11-17(23)12-10-16)25-20(26-27)22(28)24-18-5-3-2-4-6-18/h2-14H,1H3,(H,24,28). The number of hydrogen-bond acceptors (Lipinski definition) is 3. The smallest absolute Gasteiger partial charge is 0.295 e. The number of nitrogens with zero attached hydrogens (tertiary/aromatic N) is 3. The highest BCUT2D eigenvalue weighted by Crippen LogP contribution is 2.23. The normalized spacial score (nSPS) is 10.6. The Kier molecular flexibility index (Phi) is 4.91. The van der Waals surface area contributed by atoms with E-state index in [9.17, 15) is 4.79 Å². The Bertz CT molecular complexity index is 1040. The Balaban J connectivity index is 1.76. The molecule has 1 N–H and O–H groups in total. The van der Waals surface area contributed by atoms with Gasteiger partial charge in [-0.1, -0.05) is 47.5 Å². The van der Waals surface area contributed by atoms with Crippen LogP contribution in [-0.2, 0) is 0 Å². The van der Waals surface area contributed by atoms with Crippen molar-refractivity contribution in [3.05, 3.63) is 95.3 Å². The molecular weight excluding hydrogens is 372 g/mol. The summed E-state index contributed by atoms with van der Waals surface area (Å²) in [6.07, 6.45) is 0. The molecule has 1 aromatic heterocycles. The summed E-state index contributed by atoms with van der Waals surface area (Å²) in [5.74, 6) is 0.292. The number of amides is 1. The molecule has 138 valence electrons. The van der Waals surface area contributed by atoms with E-state index in [1.807, 2.05) is 73.7 Å². The molecule has 0 aliphatic carbocycles. The Morgan fingerprint density at radius 2 is 1.61 bits per heavy atom. The number of rotatable bonds is 4. The maximum atomic E-state index is 12.7. The number of nitrogens with one attached hydrogen (secondary N) is 1. The zero-order valence-electron chi connectivity index (χ0n) is 15.1. The van der Waals surface area contributed by atoms with Crippen LogP contribution in [0.25, 0.3) is 17.1 Å². The molecule has 0 atom stereocenters. The van der Waals surface area contributed by atoms with Gasteiger partial charge in [0.15, 0.2) is 5.82 Å². The predicted molar refractivity (Wildman–Crippen MR) is 111 cm³/mol. The van der Waals surface area contributed by atoms with Gasteiger partial charge < -0.3 is 5.32 Å². The van der Waals surface area contributed by atoms with Crippen molar-refractivity contribution in [3.8, 4) is 17.1 Å². The number of anilines is 1. The second kappa shape index (κ2) is 7.66. The molecule has 0 saturated heterocycles. The first kappa shape index (κ1) is 17.9. The van der Waals surface area contributed by atoms with E-state index in [1.165, 1.54) is 0 Å². The van der Waals surface area contributed by atoms with E-state index in [0.29, 0.717) is 16.5 Å². The van der Waals surface area contributed by atoms with Crippen molar-refractivity contribution in [1.29, 1.82) is 0 Å². The van der Waals surface area contributed by atoms with Crippen LogP contribution in [0.3, 0.4) is 0 Å². The first-order valence-electron chi connectivity index (χ1n) is 8.76. The number of carbonyl (C=O) groups excluding carboxylic acids is 1. The van der Waals surface area contributed by atoms with Crippen molar-refractivity contribution in [2.75, 3.05) is 5.32 Å². The van der Waals surface area contributed by atoms with Gasteiger partial charge in [0.2, 0.25) is 5.82 Å². The number of aryl methyl sites for hydroxylation is 1. The van der Waals surface area contributed by atoms with Crippen LogP contribution in [0.4, 0.5) is 5.69 Å². The minimum atomic E-state index is -0.368. The van der Waals surface area contributed by atoms with Crippen LogP contribution in [0.1, 0.15) is 16.2 Å². The van der Waals surface area contributed by atoms with Gasteiger partial charge in [-0.15, -0.1) is 5.10 Å². The maximum Gasteiger partial charge on any atom is 0.295 e. The van der Waals surface area contributed by atoms with Crippen LogP contribution in [-0.4, -0.2) is 20.7 Å². The van der Waals surface area contributed by atoms with E-state index in [-0.39, 0.29) is 11.7 Å². The van der Waals surface area contributed by atoms with Crippen LogP contribution in [0, 0.1) is 6.92 Å². The van der Waals surface area contributed by atoms with E-state index < -0.39 is 0 Å². The third-order valence-corrected chi connectivity index (χ3v) is 4.47. The number of halogens is 1. The van der Waals surface area contributed by atoms with Crippen LogP contribution in [0.2, 0.25) is 5.02 Å². The molecule has 3 aromatic carbocycles. The topological polar surface area (TPSA) is 59.8 Å². The van der Waals surface area contributed by atoms with E-state index in [0.717, 1.165) is 16.8 Å². The van der Waals surface area contributed by atoms with Crippen molar-refractivity contribution in [2.45, 2.75) is 6.92 Å². The lowest BCUT2D eigenvalue weighted by Gasteiger charge is -2.06. The molecule has 28 heavy (non-hydrogen) atoms. The Morgan fingerprint density at radius 1 is 0.929 bits per heavy atom. The molecule has 1 heterocycles. The van der Waals surface area contributed by atoms with Gasteiger partial charge in [-0.3, -0.25) is 4.79 Å². The molecule has 0 aliphatic rings. The predicted octanol–water partition coefficient (Wildman–Crippen LogP) is 5.15. The van der Waals surface area contributed by atoms with Crippen LogP contribution >= 0.6 is 11.6 Å². The van der Waals surface area contributed by atoms with Crippen LogP contribution in [0.5, 0.6) is 0 Å². The average molecular weight is 389 g/mol. The molecule has 4 rings (SSSR count). The SMILES string of the molecule is Cc1ccc(-n2nc(C(=O)Nc3ccccc3)nc2-c2ccc(Cl)cc2)cc1. The van der Waals surface area contributed by atoms with E-state index >= 15 is 0 Å². The molecule has 0 bridgehead atoms. The Morgan fingerprint density at radius 3 is 2.29 bits per heavy atom. The van der Waals surface area contributed by atoms with Crippen molar-refractivity contribution in [2.24, 2.45) is 0 Å². The zero-order chi connectivity index (χ0) is 19.5. The molecule has 4 aromatic rings. The molecule has 0 unspecified atom stereocenters. The van der Waals surface area contributed by atoms with Crippen molar-refractivity contribution in [3.63, 3.8) is 0 Å². The zero-order valence-corrected chi connectivity index (χ0v) is 15.9. The van der Waals surface area contributed by atoms with Gasteiger partial charge in [0, 0.05) is 16.3 Å².